The largest absolute Gasteiger partial charge is 0.356 e. The van der Waals surface area contributed by atoms with E-state index in [0.29, 0.717) is 18.4 Å². The molecule has 0 aromatic heterocycles. The Morgan fingerprint density at radius 1 is 1.27 bits per heavy atom. The molecular formula is C20H30N4OS. The number of amides is 1. The highest BCUT2D eigenvalue weighted by atomic mass is 32.2. The number of hydrogen-bond acceptors (Lipinski definition) is 3. The Kier molecular flexibility index (Phi) is 7.23. The smallest absolute Gasteiger partial charge is 0.220 e. The van der Waals surface area contributed by atoms with E-state index in [1.807, 2.05) is 18.8 Å². The number of hydrogen-bond donors (Lipinski definition) is 2. The van der Waals surface area contributed by atoms with Crippen molar-refractivity contribution < 1.29 is 4.79 Å². The van der Waals surface area contributed by atoms with Crippen LogP contribution in [0.25, 0.3) is 0 Å². The molecule has 0 spiro atoms. The summed E-state index contributed by atoms with van der Waals surface area (Å²) < 4.78 is 0. The molecule has 0 radical (unpaired) electrons. The number of benzene rings is 1. The van der Waals surface area contributed by atoms with Gasteiger partial charge in [0.1, 0.15) is 0 Å². The Hall–Kier alpha value is -1.69. The van der Waals surface area contributed by atoms with E-state index in [1.54, 1.807) is 0 Å². The fraction of sp³-hybridized carbons (Fsp3) is 0.600. The van der Waals surface area contributed by atoms with Gasteiger partial charge in [0.25, 0.3) is 0 Å². The quantitative estimate of drug-likeness (QED) is 0.318. The molecule has 5 nitrogen and oxygen atoms in total. The summed E-state index contributed by atoms with van der Waals surface area (Å²) in [5.41, 5.74) is 0. The minimum atomic E-state index is 0.184. The molecular weight excluding hydrogens is 344 g/mol. The molecule has 142 valence electrons. The Morgan fingerprint density at radius 3 is 2.81 bits per heavy atom. The molecule has 1 aliphatic heterocycles. The first-order valence-electron chi connectivity index (χ1n) is 9.67. The molecule has 1 aromatic rings. The van der Waals surface area contributed by atoms with Crippen molar-refractivity contribution in [1.82, 2.24) is 15.5 Å². The van der Waals surface area contributed by atoms with Crippen LogP contribution in [0.1, 0.15) is 32.1 Å². The van der Waals surface area contributed by atoms with Crippen LogP contribution in [0.2, 0.25) is 0 Å². The molecule has 1 heterocycles. The summed E-state index contributed by atoms with van der Waals surface area (Å²) in [4.78, 5) is 19.8. The normalized spacial score (nSPS) is 20.3. The standard InChI is InChI=1S/C20H30N4OS/c1-21-20(22-12-5-8-19(25)23-17-9-10-17)24-13-11-16(14-24)15-26-18-6-3-2-4-7-18/h2-4,6-7,16-17H,5,8-15H2,1H3,(H,21,22)(H,23,25). The lowest BCUT2D eigenvalue weighted by atomic mass is 10.2. The molecule has 0 bridgehead atoms. The van der Waals surface area contributed by atoms with Crippen molar-refractivity contribution in [2.24, 2.45) is 10.9 Å². The minimum Gasteiger partial charge on any atom is -0.356 e. The maximum absolute atomic E-state index is 11.7. The molecule has 26 heavy (non-hydrogen) atoms. The summed E-state index contributed by atoms with van der Waals surface area (Å²) in [6.07, 6.45) is 4.95. The third-order valence-electron chi connectivity index (χ3n) is 4.83. The van der Waals surface area contributed by atoms with Gasteiger partial charge in [-0.15, -0.1) is 11.8 Å². The summed E-state index contributed by atoms with van der Waals surface area (Å²) in [5.74, 6) is 3.00. The number of likely N-dealkylation sites (tertiary alicyclic amines) is 1. The van der Waals surface area contributed by atoms with E-state index in [0.717, 1.165) is 50.6 Å². The summed E-state index contributed by atoms with van der Waals surface area (Å²) in [5, 5.41) is 6.45. The van der Waals surface area contributed by atoms with Crippen LogP contribution in [-0.2, 0) is 4.79 Å². The van der Waals surface area contributed by atoms with E-state index in [1.165, 1.54) is 11.3 Å². The minimum absolute atomic E-state index is 0.184. The van der Waals surface area contributed by atoms with Crippen molar-refractivity contribution in [2.45, 2.75) is 43.0 Å². The van der Waals surface area contributed by atoms with E-state index in [-0.39, 0.29) is 5.91 Å². The lowest BCUT2D eigenvalue weighted by molar-refractivity contribution is -0.121. The van der Waals surface area contributed by atoms with Crippen LogP contribution in [-0.4, -0.2) is 55.2 Å². The zero-order valence-electron chi connectivity index (χ0n) is 15.6. The Labute approximate surface area is 161 Å². The summed E-state index contributed by atoms with van der Waals surface area (Å²) in [6.45, 7) is 2.91. The number of guanidine groups is 1. The molecule has 3 rings (SSSR count). The van der Waals surface area contributed by atoms with Gasteiger partial charge in [0.2, 0.25) is 5.91 Å². The van der Waals surface area contributed by atoms with Crippen molar-refractivity contribution >= 4 is 23.6 Å². The zero-order chi connectivity index (χ0) is 18.2. The molecule has 1 aliphatic carbocycles. The third kappa shape index (κ3) is 6.24. The zero-order valence-corrected chi connectivity index (χ0v) is 16.4. The van der Waals surface area contributed by atoms with E-state index >= 15 is 0 Å². The molecule has 1 saturated heterocycles. The van der Waals surface area contributed by atoms with Crippen molar-refractivity contribution in [2.75, 3.05) is 32.4 Å². The topological polar surface area (TPSA) is 56.7 Å². The van der Waals surface area contributed by atoms with Crippen LogP contribution in [0.4, 0.5) is 0 Å². The van der Waals surface area contributed by atoms with Gasteiger partial charge in [0.15, 0.2) is 5.96 Å². The van der Waals surface area contributed by atoms with Crippen LogP contribution < -0.4 is 10.6 Å². The predicted octanol–water partition coefficient (Wildman–Crippen LogP) is 2.73. The SMILES string of the molecule is CN=C(NCCCC(=O)NC1CC1)N1CCC(CSc2ccccc2)C1. The number of rotatable bonds is 8. The van der Waals surface area contributed by atoms with Gasteiger partial charge in [-0.25, -0.2) is 0 Å². The highest BCUT2D eigenvalue weighted by Crippen LogP contribution is 2.25. The number of carbonyl (C=O) groups is 1. The van der Waals surface area contributed by atoms with E-state index < -0.39 is 0 Å². The average molecular weight is 375 g/mol. The Balaban J connectivity index is 1.32. The van der Waals surface area contributed by atoms with Gasteiger partial charge in [-0.3, -0.25) is 9.79 Å². The summed E-state index contributed by atoms with van der Waals surface area (Å²) in [7, 11) is 1.84. The van der Waals surface area contributed by atoms with Gasteiger partial charge < -0.3 is 15.5 Å². The lowest BCUT2D eigenvalue weighted by Gasteiger charge is -2.21. The second kappa shape index (κ2) is 9.86. The molecule has 1 aromatic carbocycles. The van der Waals surface area contributed by atoms with Crippen LogP contribution >= 0.6 is 11.8 Å². The number of nitrogens with zero attached hydrogens (tertiary/aromatic N) is 2. The highest BCUT2D eigenvalue weighted by molar-refractivity contribution is 7.99. The first kappa shape index (κ1) is 19.1. The van der Waals surface area contributed by atoms with Crippen molar-refractivity contribution in [1.29, 1.82) is 0 Å². The van der Waals surface area contributed by atoms with Gasteiger partial charge in [0.05, 0.1) is 0 Å². The molecule has 2 aliphatic rings. The Bertz CT molecular complexity index is 603. The molecule has 1 atom stereocenters. The summed E-state index contributed by atoms with van der Waals surface area (Å²) in [6, 6.07) is 11.1. The second-order valence-electron chi connectivity index (χ2n) is 7.14. The van der Waals surface area contributed by atoms with Crippen molar-refractivity contribution in [3.8, 4) is 0 Å². The van der Waals surface area contributed by atoms with Crippen LogP contribution in [0.3, 0.4) is 0 Å². The van der Waals surface area contributed by atoms with E-state index in [2.05, 4.69) is 50.9 Å². The fourth-order valence-corrected chi connectivity index (χ4v) is 4.25. The molecule has 1 amide bonds. The first-order valence-corrected chi connectivity index (χ1v) is 10.7. The van der Waals surface area contributed by atoms with Gasteiger partial charge in [-0.05, 0) is 43.7 Å². The van der Waals surface area contributed by atoms with E-state index in [9.17, 15) is 4.79 Å². The molecule has 6 heteroatoms. The lowest BCUT2D eigenvalue weighted by Crippen LogP contribution is -2.40. The first-order chi connectivity index (χ1) is 12.7. The van der Waals surface area contributed by atoms with Crippen LogP contribution in [0.15, 0.2) is 40.2 Å². The molecule has 2 N–H and O–H groups in total. The number of carbonyl (C=O) groups excluding carboxylic acids is 1. The van der Waals surface area contributed by atoms with Gasteiger partial charge in [-0.1, -0.05) is 18.2 Å². The monoisotopic (exact) mass is 374 g/mol. The molecule has 2 fully saturated rings. The van der Waals surface area contributed by atoms with Crippen LogP contribution in [0, 0.1) is 5.92 Å². The van der Waals surface area contributed by atoms with Gasteiger partial charge in [-0.2, -0.15) is 0 Å². The van der Waals surface area contributed by atoms with Crippen molar-refractivity contribution in [3.05, 3.63) is 30.3 Å². The Morgan fingerprint density at radius 2 is 2.08 bits per heavy atom. The number of aliphatic imine (C=N–C) groups is 1. The maximum Gasteiger partial charge on any atom is 0.220 e. The maximum atomic E-state index is 11.7. The third-order valence-corrected chi connectivity index (χ3v) is 6.08. The van der Waals surface area contributed by atoms with Crippen molar-refractivity contribution in [3.63, 3.8) is 0 Å². The van der Waals surface area contributed by atoms with Crippen LogP contribution in [0.5, 0.6) is 0 Å². The molecule has 1 unspecified atom stereocenters. The fourth-order valence-electron chi connectivity index (χ4n) is 3.20. The van der Waals surface area contributed by atoms with Gasteiger partial charge >= 0.3 is 0 Å². The predicted molar refractivity (Wildman–Crippen MR) is 109 cm³/mol. The highest BCUT2D eigenvalue weighted by Gasteiger charge is 2.25. The summed E-state index contributed by atoms with van der Waals surface area (Å²) >= 11 is 1.94. The van der Waals surface area contributed by atoms with E-state index in [4.69, 9.17) is 0 Å². The van der Waals surface area contributed by atoms with Gasteiger partial charge in [0, 0.05) is 49.8 Å². The number of nitrogens with one attached hydrogen (secondary N) is 2. The second-order valence-corrected chi connectivity index (χ2v) is 8.24. The number of thioether (sulfide) groups is 1. The average Bonchev–Trinajstić information content (AvgIpc) is 3.35. The molecule has 1 saturated carbocycles.